The Morgan fingerprint density at radius 1 is 1.22 bits per heavy atom. The van der Waals surface area contributed by atoms with Crippen LogP contribution in [0, 0.1) is 38.5 Å². The van der Waals surface area contributed by atoms with Crippen molar-refractivity contribution in [1.82, 2.24) is 0 Å². The summed E-state index contributed by atoms with van der Waals surface area (Å²) in [7, 11) is 0. The van der Waals surface area contributed by atoms with E-state index < -0.39 is 15.5 Å². The summed E-state index contributed by atoms with van der Waals surface area (Å²) in [6.45, 7) is 5.16. The lowest BCUT2D eigenvalue weighted by Crippen LogP contribution is -2.23. The molecule has 2 aromatic rings. The molecule has 0 unspecified atom stereocenters. The summed E-state index contributed by atoms with van der Waals surface area (Å²) in [6.07, 6.45) is 0.412. The topological polar surface area (TPSA) is 138 Å². The fraction of sp³-hybridized carbons (Fsp3) is 0.312. The number of aryl methyl sites for hydroxylation is 1. The van der Waals surface area contributed by atoms with Crippen LogP contribution in [0.1, 0.15) is 18.9 Å². The molecule has 2 rings (SSSR count). The molecule has 0 spiro atoms. The first-order valence-electron chi connectivity index (χ1n) is 7.94. The molecule has 11 heteroatoms. The number of benzene rings is 1. The molecule has 0 atom stereocenters. The highest BCUT2D eigenvalue weighted by Gasteiger charge is 2.25. The van der Waals surface area contributed by atoms with Crippen LogP contribution in [0.5, 0.6) is 0 Å². The summed E-state index contributed by atoms with van der Waals surface area (Å²) in [5.74, 6) is 0. The van der Waals surface area contributed by atoms with Gasteiger partial charge in [-0.15, -0.1) is 10.2 Å². The molecule has 0 aliphatic rings. The number of hydrogen-bond acceptors (Lipinski definition) is 9. The highest BCUT2D eigenvalue weighted by atomic mass is 32.1. The van der Waals surface area contributed by atoms with Gasteiger partial charge < -0.3 is 4.90 Å². The molecule has 0 saturated heterocycles. The van der Waals surface area contributed by atoms with E-state index in [-0.39, 0.29) is 10.0 Å². The second-order valence-corrected chi connectivity index (χ2v) is 6.46. The molecule has 0 aliphatic carbocycles. The fourth-order valence-corrected chi connectivity index (χ4v) is 3.12. The van der Waals surface area contributed by atoms with Crippen molar-refractivity contribution in [1.29, 1.82) is 5.26 Å². The van der Waals surface area contributed by atoms with E-state index in [0.717, 1.165) is 23.9 Å². The van der Waals surface area contributed by atoms with Crippen molar-refractivity contribution < 1.29 is 9.85 Å². The second kappa shape index (κ2) is 8.81. The molecule has 0 fully saturated rings. The van der Waals surface area contributed by atoms with Crippen LogP contribution in [0.2, 0.25) is 0 Å². The van der Waals surface area contributed by atoms with Gasteiger partial charge in [0.05, 0.1) is 28.0 Å². The number of nitriles is 1. The Labute approximate surface area is 158 Å². The molecule has 0 aliphatic heterocycles. The molecule has 0 radical (unpaired) electrons. The lowest BCUT2D eigenvalue weighted by molar-refractivity contribution is -0.389. The summed E-state index contributed by atoms with van der Waals surface area (Å²) in [5, 5.41) is 38.0. The number of thiophene rings is 1. The van der Waals surface area contributed by atoms with E-state index in [2.05, 4.69) is 16.3 Å². The average molecular weight is 388 g/mol. The van der Waals surface area contributed by atoms with Crippen LogP contribution in [0.15, 0.2) is 34.5 Å². The van der Waals surface area contributed by atoms with E-state index in [9.17, 15) is 20.2 Å². The van der Waals surface area contributed by atoms with Crippen LogP contribution < -0.4 is 4.90 Å². The lowest BCUT2D eigenvalue weighted by Gasteiger charge is -2.22. The van der Waals surface area contributed by atoms with Crippen LogP contribution in [-0.4, -0.2) is 22.9 Å². The molecular formula is C16H16N6O4S. The van der Waals surface area contributed by atoms with Gasteiger partial charge in [-0.25, -0.2) is 0 Å². The van der Waals surface area contributed by atoms with E-state index >= 15 is 0 Å². The van der Waals surface area contributed by atoms with Gasteiger partial charge in [-0.05, 0) is 48.9 Å². The van der Waals surface area contributed by atoms with Crippen molar-refractivity contribution >= 4 is 38.4 Å². The largest absolute Gasteiger partial charge is 0.371 e. The molecule has 1 aromatic carbocycles. The minimum absolute atomic E-state index is 0.126. The predicted molar refractivity (Wildman–Crippen MR) is 101 cm³/mol. The zero-order valence-corrected chi connectivity index (χ0v) is 15.5. The SMILES string of the molecule is CCN(CCC#N)c1ccc(N=Nc2sc([N+](=O)[O-])cc2[N+](=O)[O-])c(C)c1. The van der Waals surface area contributed by atoms with Crippen molar-refractivity contribution in [3.63, 3.8) is 0 Å². The predicted octanol–water partition coefficient (Wildman–Crippen LogP) is 5.03. The van der Waals surface area contributed by atoms with Gasteiger partial charge in [0.15, 0.2) is 0 Å². The maximum absolute atomic E-state index is 11.0. The van der Waals surface area contributed by atoms with Gasteiger partial charge in [-0.1, -0.05) is 0 Å². The van der Waals surface area contributed by atoms with E-state index in [4.69, 9.17) is 5.26 Å². The summed E-state index contributed by atoms with van der Waals surface area (Å²) >= 11 is 0.602. The van der Waals surface area contributed by atoms with Crippen LogP contribution in [0.25, 0.3) is 0 Å². The standard InChI is InChI=1S/C16H16N6O4S/c1-3-20(8-4-7-17)12-5-6-13(11(2)9-12)18-19-16-14(21(23)24)10-15(27-16)22(25)26/h5-6,9-10H,3-4,8H2,1-2H3. The van der Waals surface area contributed by atoms with E-state index in [0.29, 0.717) is 30.0 Å². The molecule has 0 bridgehead atoms. The highest BCUT2D eigenvalue weighted by molar-refractivity contribution is 7.19. The average Bonchev–Trinajstić information content (AvgIpc) is 3.06. The first-order chi connectivity index (χ1) is 12.9. The van der Waals surface area contributed by atoms with Crippen LogP contribution >= 0.6 is 11.3 Å². The lowest BCUT2D eigenvalue weighted by atomic mass is 10.1. The van der Waals surface area contributed by atoms with E-state index in [1.165, 1.54) is 0 Å². The smallest absolute Gasteiger partial charge is 0.333 e. The van der Waals surface area contributed by atoms with Crippen molar-refractivity contribution in [2.75, 3.05) is 18.0 Å². The van der Waals surface area contributed by atoms with Gasteiger partial charge >= 0.3 is 10.7 Å². The molecular weight excluding hydrogens is 372 g/mol. The number of nitro groups is 2. The van der Waals surface area contributed by atoms with Gasteiger partial charge in [0.25, 0.3) is 0 Å². The molecule has 0 saturated carbocycles. The Balaban J connectivity index is 2.29. The molecule has 27 heavy (non-hydrogen) atoms. The van der Waals surface area contributed by atoms with E-state index in [1.54, 1.807) is 6.07 Å². The number of nitrogens with zero attached hydrogens (tertiary/aromatic N) is 6. The van der Waals surface area contributed by atoms with Crippen molar-refractivity contribution in [3.8, 4) is 6.07 Å². The molecule has 10 nitrogen and oxygen atoms in total. The normalized spacial score (nSPS) is 10.7. The maximum atomic E-state index is 11.0. The molecule has 1 aromatic heterocycles. The minimum Gasteiger partial charge on any atom is -0.371 e. The number of anilines is 1. The quantitative estimate of drug-likeness (QED) is 0.353. The highest BCUT2D eigenvalue weighted by Crippen LogP contribution is 2.42. The van der Waals surface area contributed by atoms with Gasteiger partial charge in [-0.2, -0.15) is 5.26 Å². The maximum Gasteiger partial charge on any atom is 0.333 e. The molecule has 0 amide bonds. The molecule has 140 valence electrons. The number of hydrogen-bond donors (Lipinski definition) is 0. The van der Waals surface area contributed by atoms with Crippen LogP contribution in [0.3, 0.4) is 0 Å². The van der Waals surface area contributed by atoms with Crippen molar-refractivity contribution in [3.05, 3.63) is 50.1 Å². The van der Waals surface area contributed by atoms with Crippen molar-refractivity contribution in [2.45, 2.75) is 20.3 Å². The van der Waals surface area contributed by atoms with Gasteiger partial charge in [0, 0.05) is 18.8 Å². The van der Waals surface area contributed by atoms with Gasteiger partial charge in [0.2, 0.25) is 5.00 Å². The zero-order chi connectivity index (χ0) is 20.0. The van der Waals surface area contributed by atoms with E-state index in [1.807, 2.05) is 30.9 Å². The molecule has 0 N–H and O–H groups in total. The Morgan fingerprint density at radius 3 is 2.52 bits per heavy atom. The third kappa shape index (κ3) is 4.83. The summed E-state index contributed by atoms with van der Waals surface area (Å²) < 4.78 is 0. The molecule has 1 heterocycles. The number of rotatable bonds is 8. The monoisotopic (exact) mass is 388 g/mol. The first-order valence-corrected chi connectivity index (χ1v) is 8.76. The number of azo groups is 1. The van der Waals surface area contributed by atoms with Crippen LogP contribution in [0.4, 0.5) is 27.1 Å². The third-order valence-electron chi connectivity index (χ3n) is 3.73. The third-order valence-corrected chi connectivity index (χ3v) is 4.69. The Bertz CT molecular complexity index is 933. The summed E-state index contributed by atoms with van der Waals surface area (Å²) in [6, 6.07) is 8.43. The zero-order valence-electron chi connectivity index (χ0n) is 14.7. The Kier molecular flexibility index (Phi) is 6.51. The Hall–Kier alpha value is -3.39. The summed E-state index contributed by atoms with van der Waals surface area (Å²) in [4.78, 5) is 22.5. The fourth-order valence-electron chi connectivity index (χ4n) is 2.35. The van der Waals surface area contributed by atoms with Crippen molar-refractivity contribution in [2.24, 2.45) is 10.2 Å². The second-order valence-electron chi connectivity index (χ2n) is 5.45. The first kappa shape index (κ1) is 19.9. The van der Waals surface area contributed by atoms with Gasteiger partial charge in [-0.3, -0.25) is 20.2 Å². The summed E-state index contributed by atoms with van der Waals surface area (Å²) in [5.41, 5.74) is 1.78. The van der Waals surface area contributed by atoms with Crippen LogP contribution in [-0.2, 0) is 0 Å². The van der Waals surface area contributed by atoms with Gasteiger partial charge in [0.1, 0.15) is 6.07 Å². The Morgan fingerprint density at radius 2 is 1.96 bits per heavy atom. The minimum atomic E-state index is -0.720.